The second-order valence-corrected chi connectivity index (χ2v) is 6.73. The normalized spacial score (nSPS) is 13.2. The smallest absolute Gasteiger partial charge is 0.318 e. The Hall–Kier alpha value is -2.92. The van der Waals surface area contributed by atoms with Crippen LogP contribution in [-0.2, 0) is 21.6 Å². The lowest BCUT2D eigenvalue weighted by molar-refractivity contribution is -0.148. The second kappa shape index (κ2) is 7.76. The van der Waals surface area contributed by atoms with Gasteiger partial charge in [0.25, 0.3) is 0 Å². The van der Waals surface area contributed by atoms with Gasteiger partial charge in [-0.2, -0.15) is 0 Å². The maximum atomic E-state index is 12.0. The van der Waals surface area contributed by atoms with Crippen molar-refractivity contribution in [3.05, 3.63) is 71.4 Å². The molecule has 1 N–H and O–H groups in total. The van der Waals surface area contributed by atoms with Crippen molar-refractivity contribution in [2.24, 2.45) is 0 Å². The van der Waals surface area contributed by atoms with E-state index in [-0.39, 0.29) is 6.61 Å². The summed E-state index contributed by atoms with van der Waals surface area (Å²) in [7, 11) is 1.31. The molecule has 2 aromatic carbocycles. The van der Waals surface area contributed by atoms with Gasteiger partial charge in [-0.1, -0.05) is 30.3 Å². The van der Waals surface area contributed by atoms with Gasteiger partial charge in [-0.15, -0.1) is 0 Å². The molecule has 5 heteroatoms. The number of carbonyl (C=O) groups excluding carboxylic acids is 1. The summed E-state index contributed by atoms with van der Waals surface area (Å²) in [5, 5.41) is 10.7. The number of aryl methyl sites for hydroxylation is 1. The standard InChI is InChI=1S/C22H23NO4/c1-15-12-16(19-6-4-5-7-20(19)23-15)13-27-18-10-8-17(9-11-18)22(2,14-24)21(25)26-3/h4-12,24H,13-14H2,1-3H3. The zero-order valence-corrected chi connectivity index (χ0v) is 15.7. The third kappa shape index (κ3) is 3.78. The van der Waals surface area contributed by atoms with Crippen molar-refractivity contribution in [3.8, 4) is 5.75 Å². The van der Waals surface area contributed by atoms with Crippen LogP contribution in [0.5, 0.6) is 5.75 Å². The number of fused-ring (bicyclic) bond motifs is 1. The molecule has 0 radical (unpaired) electrons. The highest BCUT2D eigenvalue weighted by atomic mass is 16.5. The van der Waals surface area contributed by atoms with Gasteiger partial charge >= 0.3 is 5.97 Å². The van der Waals surface area contributed by atoms with E-state index in [0.717, 1.165) is 22.2 Å². The molecule has 1 unspecified atom stereocenters. The first-order valence-corrected chi connectivity index (χ1v) is 8.76. The Balaban J connectivity index is 1.79. The third-order valence-electron chi connectivity index (χ3n) is 4.77. The molecule has 27 heavy (non-hydrogen) atoms. The summed E-state index contributed by atoms with van der Waals surface area (Å²) in [6.45, 7) is 3.70. The average Bonchev–Trinajstić information content (AvgIpc) is 2.71. The number of nitrogens with zero attached hydrogens (tertiary/aromatic N) is 1. The van der Waals surface area contributed by atoms with Crippen molar-refractivity contribution in [2.75, 3.05) is 13.7 Å². The first kappa shape index (κ1) is 18.9. The number of pyridine rings is 1. The van der Waals surface area contributed by atoms with Crippen LogP contribution < -0.4 is 4.74 Å². The largest absolute Gasteiger partial charge is 0.489 e. The molecule has 0 aliphatic carbocycles. The van der Waals surface area contributed by atoms with Crippen molar-refractivity contribution >= 4 is 16.9 Å². The molecular weight excluding hydrogens is 342 g/mol. The number of aliphatic hydroxyl groups is 1. The quantitative estimate of drug-likeness (QED) is 0.677. The summed E-state index contributed by atoms with van der Waals surface area (Å²) in [4.78, 5) is 16.5. The first-order valence-electron chi connectivity index (χ1n) is 8.76. The number of methoxy groups -OCH3 is 1. The van der Waals surface area contributed by atoms with E-state index in [4.69, 9.17) is 9.47 Å². The Morgan fingerprint density at radius 3 is 2.52 bits per heavy atom. The lowest BCUT2D eigenvalue weighted by Crippen LogP contribution is -2.37. The summed E-state index contributed by atoms with van der Waals surface area (Å²) < 4.78 is 10.7. The highest BCUT2D eigenvalue weighted by Crippen LogP contribution is 2.27. The third-order valence-corrected chi connectivity index (χ3v) is 4.77. The van der Waals surface area contributed by atoms with E-state index in [1.165, 1.54) is 7.11 Å². The summed E-state index contributed by atoms with van der Waals surface area (Å²) in [6, 6.07) is 17.1. The van der Waals surface area contributed by atoms with Crippen LogP contribution in [0.2, 0.25) is 0 Å². The second-order valence-electron chi connectivity index (χ2n) is 6.73. The van der Waals surface area contributed by atoms with Crippen molar-refractivity contribution in [1.82, 2.24) is 4.98 Å². The molecule has 140 valence electrons. The van der Waals surface area contributed by atoms with Gasteiger partial charge in [0.15, 0.2) is 0 Å². The van der Waals surface area contributed by atoms with E-state index in [9.17, 15) is 9.90 Å². The minimum absolute atomic E-state index is 0.331. The monoisotopic (exact) mass is 365 g/mol. The Labute approximate surface area is 158 Å². The fourth-order valence-corrected chi connectivity index (χ4v) is 3.09. The number of rotatable bonds is 6. The molecule has 0 bridgehead atoms. The zero-order chi connectivity index (χ0) is 19.4. The number of benzene rings is 2. The number of hydrogen-bond acceptors (Lipinski definition) is 5. The molecule has 0 aliphatic rings. The van der Waals surface area contributed by atoms with Crippen LogP contribution >= 0.6 is 0 Å². The molecule has 5 nitrogen and oxygen atoms in total. The van der Waals surface area contributed by atoms with Crippen LogP contribution in [0.15, 0.2) is 54.6 Å². The van der Waals surface area contributed by atoms with Gasteiger partial charge in [0, 0.05) is 16.6 Å². The van der Waals surface area contributed by atoms with Crippen LogP contribution in [-0.4, -0.2) is 29.8 Å². The number of aromatic nitrogens is 1. The van der Waals surface area contributed by atoms with E-state index >= 15 is 0 Å². The number of esters is 1. The lowest BCUT2D eigenvalue weighted by Gasteiger charge is -2.24. The summed E-state index contributed by atoms with van der Waals surface area (Å²) in [5.41, 5.74) is 2.54. The van der Waals surface area contributed by atoms with Gasteiger partial charge in [-0.05, 0) is 43.7 Å². The summed E-state index contributed by atoms with van der Waals surface area (Å²) >= 11 is 0. The van der Waals surface area contributed by atoms with Gasteiger partial charge in [0.05, 0.1) is 19.2 Å². The topological polar surface area (TPSA) is 68.7 Å². The van der Waals surface area contributed by atoms with Crippen LogP contribution in [0, 0.1) is 6.92 Å². The fourth-order valence-electron chi connectivity index (χ4n) is 3.09. The number of aliphatic hydroxyl groups excluding tert-OH is 1. The van der Waals surface area contributed by atoms with Gasteiger partial charge in [-0.25, -0.2) is 0 Å². The number of ether oxygens (including phenoxy) is 2. The molecule has 0 spiro atoms. The van der Waals surface area contributed by atoms with Crippen LogP contribution in [0.4, 0.5) is 0 Å². The van der Waals surface area contributed by atoms with Crippen molar-refractivity contribution in [3.63, 3.8) is 0 Å². The molecule has 3 aromatic rings. The zero-order valence-electron chi connectivity index (χ0n) is 15.7. The Bertz CT molecular complexity index is 952. The molecule has 0 saturated heterocycles. The minimum atomic E-state index is -1.09. The Morgan fingerprint density at radius 2 is 1.85 bits per heavy atom. The van der Waals surface area contributed by atoms with E-state index in [1.807, 2.05) is 37.3 Å². The molecule has 0 aliphatic heterocycles. The van der Waals surface area contributed by atoms with Gasteiger partial charge in [-0.3, -0.25) is 9.78 Å². The van der Waals surface area contributed by atoms with Crippen LogP contribution in [0.25, 0.3) is 10.9 Å². The van der Waals surface area contributed by atoms with E-state index in [2.05, 4.69) is 4.98 Å². The molecule has 1 atom stereocenters. The average molecular weight is 365 g/mol. The molecule has 1 heterocycles. The van der Waals surface area contributed by atoms with Crippen molar-refractivity contribution < 1.29 is 19.4 Å². The number of hydrogen-bond donors (Lipinski definition) is 1. The maximum absolute atomic E-state index is 12.0. The Morgan fingerprint density at radius 1 is 1.15 bits per heavy atom. The maximum Gasteiger partial charge on any atom is 0.318 e. The highest BCUT2D eigenvalue weighted by Gasteiger charge is 2.35. The number of para-hydroxylation sites is 1. The Kier molecular flexibility index (Phi) is 5.42. The van der Waals surface area contributed by atoms with Crippen LogP contribution in [0.3, 0.4) is 0 Å². The van der Waals surface area contributed by atoms with Gasteiger partial charge in [0.2, 0.25) is 0 Å². The highest BCUT2D eigenvalue weighted by molar-refractivity contribution is 5.83. The van der Waals surface area contributed by atoms with Gasteiger partial charge in [0.1, 0.15) is 17.8 Å². The predicted octanol–water partition coefficient (Wildman–Crippen LogP) is 3.55. The number of carbonyl (C=O) groups is 1. The molecule has 0 saturated carbocycles. The van der Waals surface area contributed by atoms with Gasteiger partial charge < -0.3 is 14.6 Å². The first-order chi connectivity index (χ1) is 13.0. The molecule has 1 aromatic heterocycles. The molecule has 0 fully saturated rings. The SMILES string of the molecule is COC(=O)C(C)(CO)c1ccc(OCc2cc(C)nc3ccccc23)cc1. The summed E-state index contributed by atoms with van der Waals surface area (Å²) in [5.74, 6) is 0.208. The van der Waals surface area contributed by atoms with E-state index < -0.39 is 11.4 Å². The van der Waals surface area contributed by atoms with Crippen LogP contribution in [0.1, 0.15) is 23.7 Å². The molecule has 0 amide bonds. The van der Waals surface area contributed by atoms with Crippen molar-refractivity contribution in [2.45, 2.75) is 25.9 Å². The van der Waals surface area contributed by atoms with Crippen molar-refractivity contribution in [1.29, 1.82) is 0 Å². The molecular formula is C22H23NO4. The fraction of sp³-hybridized carbons (Fsp3) is 0.273. The van der Waals surface area contributed by atoms with E-state index in [1.54, 1.807) is 31.2 Å². The minimum Gasteiger partial charge on any atom is -0.489 e. The predicted molar refractivity (Wildman–Crippen MR) is 104 cm³/mol. The lowest BCUT2D eigenvalue weighted by atomic mass is 9.83. The molecule has 3 rings (SSSR count). The summed E-state index contributed by atoms with van der Waals surface area (Å²) in [6.07, 6.45) is 0. The van der Waals surface area contributed by atoms with E-state index in [0.29, 0.717) is 17.9 Å².